The van der Waals surface area contributed by atoms with Crippen LogP contribution in [0.25, 0.3) is 0 Å². The van der Waals surface area contributed by atoms with E-state index in [2.05, 4.69) is 90.4 Å². The second kappa shape index (κ2) is 7.59. The molecular formula is C21H33BrO2. The molecule has 0 amide bonds. The van der Waals surface area contributed by atoms with Crippen molar-refractivity contribution in [2.24, 2.45) is 5.92 Å². The standard InChI is InChI=1S/C21H33BrO2/c1-13(2)10-17(22)19(23)24-18-15(20(4,5)6)11-14(3)12-16(18)21(7,8)9/h11-13,17H,10H2,1-9H3. The van der Waals surface area contributed by atoms with E-state index in [0.717, 1.165) is 23.3 Å². The minimum Gasteiger partial charge on any atom is -0.425 e. The first kappa shape index (κ1) is 21.2. The number of benzene rings is 1. The molecule has 0 N–H and O–H groups in total. The van der Waals surface area contributed by atoms with Gasteiger partial charge in [-0.3, -0.25) is 4.79 Å². The molecule has 1 rings (SSSR count). The highest BCUT2D eigenvalue weighted by atomic mass is 79.9. The molecule has 1 aromatic carbocycles. The number of ether oxygens (including phenoxy) is 1. The molecule has 0 saturated carbocycles. The van der Waals surface area contributed by atoms with Crippen molar-refractivity contribution in [2.75, 3.05) is 0 Å². The van der Waals surface area contributed by atoms with Crippen LogP contribution in [0.3, 0.4) is 0 Å². The van der Waals surface area contributed by atoms with Gasteiger partial charge in [-0.15, -0.1) is 0 Å². The van der Waals surface area contributed by atoms with Gasteiger partial charge in [0.15, 0.2) is 0 Å². The summed E-state index contributed by atoms with van der Waals surface area (Å²) in [4.78, 5) is 12.3. The summed E-state index contributed by atoms with van der Waals surface area (Å²) in [6.07, 6.45) is 0.764. The minimum absolute atomic E-state index is 0.0957. The number of carbonyl (C=O) groups is 1. The van der Waals surface area contributed by atoms with Crippen LogP contribution in [-0.4, -0.2) is 10.8 Å². The van der Waals surface area contributed by atoms with Crippen molar-refractivity contribution < 1.29 is 9.53 Å². The molecule has 0 radical (unpaired) electrons. The first-order valence-electron chi connectivity index (χ1n) is 8.75. The molecule has 136 valence electrons. The second-order valence-corrected chi connectivity index (χ2v) is 10.3. The molecule has 0 aromatic heterocycles. The van der Waals surface area contributed by atoms with E-state index in [1.54, 1.807) is 0 Å². The van der Waals surface area contributed by atoms with E-state index < -0.39 is 0 Å². The number of alkyl halides is 1. The van der Waals surface area contributed by atoms with Crippen LogP contribution in [0.1, 0.15) is 78.5 Å². The van der Waals surface area contributed by atoms with Gasteiger partial charge in [-0.2, -0.15) is 0 Å². The Labute approximate surface area is 156 Å². The number of esters is 1. The molecule has 24 heavy (non-hydrogen) atoms. The molecule has 1 atom stereocenters. The molecule has 0 spiro atoms. The summed E-state index contributed by atoms with van der Waals surface area (Å²) in [5.41, 5.74) is 3.18. The fourth-order valence-corrected chi connectivity index (χ4v) is 3.51. The van der Waals surface area contributed by atoms with E-state index in [4.69, 9.17) is 4.74 Å². The lowest BCUT2D eigenvalue weighted by Gasteiger charge is -2.30. The van der Waals surface area contributed by atoms with E-state index in [1.807, 2.05) is 0 Å². The number of carbonyl (C=O) groups excluding carboxylic acids is 1. The second-order valence-electron chi connectivity index (χ2n) is 9.21. The Morgan fingerprint density at radius 2 is 1.46 bits per heavy atom. The van der Waals surface area contributed by atoms with Crippen molar-refractivity contribution in [2.45, 2.75) is 84.4 Å². The number of rotatable bonds is 4. The van der Waals surface area contributed by atoms with E-state index in [9.17, 15) is 4.79 Å². The van der Waals surface area contributed by atoms with Crippen LogP contribution in [0.2, 0.25) is 0 Å². The van der Waals surface area contributed by atoms with Gasteiger partial charge in [0.25, 0.3) is 0 Å². The van der Waals surface area contributed by atoms with Gasteiger partial charge < -0.3 is 4.74 Å². The molecule has 0 aliphatic rings. The summed E-state index contributed by atoms with van der Waals surface area (Å²) < 4.78 is 5.96. The first-order chi connectivity index (χ1) is 10.7. The SMILES string of the molecule is Cc1cc(C(C)(C)C)c(OC(=O)C(Br)CC(C)C)c(C(C)(C)C)c1. The molecule has 2 nitrogen and oxygen atoms in total. The molecule has 0 bridgehead atoms. The third-order valence-electron chi connectivity index (χ3n) is 3.99. The highest BCUT2D eigenvalue weighted by Gasteiger charge is 2.30. The maximum Gasteiger partial charge on any atom is 0.325 e. The number of aryl methyl sites for hydroxylation is 1. The smallest absolute Gasteiger partial charge is 0.325 e. The number of hydrogen-bond donors (Lipinski definition) is 0. The Morgan fingerprint density at radius 3 is 1.79 bits per heavy atom. The molecule has 1 unspecified atom stereocenters. The lowest BCUT2D eigenvalue weighted by atomic mass is 9.78. The van der Waals surface area contributed by atoms with Gasteiger partial charge in [0, 0.05) is 11.1 Å². The number of hydrogen-bond acceptors (Lipinski definition) is 2. The summed E-state index contributed by atoms with van der Waals surface area (Å²) in [5, 5.41) is 0. The Bertz CT molecular complexity index is 554. The van der Waals surface area contributed by atoms with Gasteiger partial charge >= 0.3 is 5.97 Å². The normalized spacial score (nSPS) is 14.0. The van der Waals surface area contributed by atoms with Crippen molar-refractivity contribution in [3.63, 3.8) is 0 Å². The van der Waals surface area contributed by atoms with Gasteiger partial charge in [0.05, 0.1) is 0 Å². The van der Waals surface area contributed by atoms with Crippen LogP contribution in [0, 0.1) is 12.8 Å². The molecule has 0 fully saturated rings. The van der Waals surface area contributed by atoms with Crippen molar-refractivity contribution in [3.05, 3.63) is 28.8 Å². The van der Waals surface area contributed by atoms with Crippen LogP contribution in [0.15, 0.2) is 12.1 Å². The van der Waals surface area contributed by atoms with Crippen molar-refractivity contribution in [3.8, 4) is 5.75 Å². The summed E-state index contributed by atoms with van der Waals surface area (Å²) in [6, 6.07) is 4.28. The molecule has 0 aliphatic carbocycles. The maximum atomic E-state index is 12.6. The quantitative estimate of drug-likeness (QED) is 0.338. The fourth-order valence-electron chi connectivity index (χ4n) is 2.67. The molecule has 0 heterocycles. The third-order valence-corrected chi connectivity index (χ3v) is 4.73. The van der Waals surface area contributed by atoms with Gasteiger partial charge in [-0.05, 0) is 30.1 Å². The molecule has 0 aliphatic heterocycles. The Morgan fingerprint density at radius 1 is 1.04 bits per heavy atom. The van der Waals surface area contributed by atoms with Crippen LogP contribution in [-0.2, 0) is 15.6 Å². The molecule has 0 saturated heterocycles. The summed E-state index contributed by atoms with van der Waals surface area (Å²) in [6.45, 7) is 19.3. The van der Waals surface area contributed by atoms with Crippen LogP contribution in [0.5, 0.6) is 5.75 Å². The predicted octanol–water partition coefficient (Wildman–Crippen LogP) is 6.31. The average molecular weight is 397 g/mol. The summed E-state index contributed by atoms with van der Waals surface area (Å²) in [7, 11) is 0. The van der Waals surface area contributed by atoms with Crippen molar-refractivity contribution >= 4 is 21.9 Å². The fraction of sp³-hybridized carbons (Fsp3) is 0.667. The van der Waals surface area contributed by atoms with Crippen molar-refractivity contribution in [1.29, 1.82) is 0 Å². The topological polar surface area (TPSA) is 26.3 Å². The zero-order valence-corrected chi connectivity index (χ0v) is 18.3. The summed E-state index contributed by atoms with van der Waals surface area (Å²) in [5.74, 6) is 0.964. The largest absolute Gasteiger partial charge is 0.425 e. The molecule has 1 aromatic rings. The Hall–Kier alpha value is -0.830. The molecule has 3 heteroatoms. The predicted molar refractivity (Wildman–Crippen MR) is 106 cm³/mol. The Balaban J connectivity index is 3.41. The van der Waals surface area contributed by atoms with E-state index >= 15 is 0 Å². The van der Waals surface area contributed by atoms with Crippen LogP contribution < -0.4 is 4.74 Å². The monoisotopic (exact) mass is 396 g/mol. The molecular weight excluding hydrogens is 364 g/mol. The maximum absolute atomic E-state index is 12.6. The van der Waals surface area contributed by atoms with Crippen molar-refractivity contribution in [1.82, 2.24) is 0 Å². The van der Waals surface area contributed by atoms with Gasteiger partial charge in [-0.1, -0.05) is 89.0 Å². The van der Waals surface area contributed by atoms with Gasteiger partial charge in [0.2, 0.25) is 0 Å². The first-order valence-corrected chi connectivity index (χ1v) is 9.66. The zero-order chi connectivity index (χ0) is 18.9. The highest BCUT2D eigenvalue weighted by Crippen LogP contribution is 2.41. The lowest BCUT2D eigenvalue weighted by Crippen LogP contribution is -2.26. The van der Waals surface area contributed by atoms with Crippen LogP contribution >= 0.6 is 15.9 Å². The van der Waals surface area contributed by atoms with E-state index in [-0.39, 0.29) is 21.6 Å². The third kappa shape index (κ3) is 5.61. The van der Waals surface area contributed by atoms with Gasteiger partial charge in [-0.25, -0.2) is 0 Å². The van der Waals surface area contributed by atoms with E-state index in [0.29, 0.717) is 5.92 Å². The zero-order valence-electron chi connectivity index (χ0n) is 16.7. The van der Waals surface area contributed by atoms with Crippen LogP contribution in [0.4, 0.5) is 0 Å². The summed E-state index contributed by atoms with van der Waals surface area (Å²) >= 11 is 3.49. The average Bonchev–Trinajstić information content (AvgIpc) is 2.36. The number of halogens is 1. The minimum atomic E-state index is -0.278. The van der Waals surface area contributed by atoms with Gasteiger partial charge in [0.1, 0.15) is 10.6 Å². The lowest BCUT2D eigenvalue weighted by molar-refractivity contribution is -0.134. The van der Waals surface area contributed by atoms with E-state index in [1.165, 1.54) is 5.56 Å². The highest BCUT2D eigenvalue weighted by molar-refractivity contribution is 9.10. The Kier molecular flexibility index (Phi) is 6.71.